The van der Waals surface area contributed by atoms with E-state index in [2.05, 4.69) is 37.9 Å². The van der Waals surface area contributed by atoms with E-state index in [-0.39, 0.29) is 0 Å². The van der Waals surface area contributed by atoms with Crippen molar-refractivity contribution < 1.29 is 0 Å². The zero-order valence-electron chi connectivity index (χ0n) is 9.00. The third kappa shape index (κ3) is 2.33. The van der Waals surface area contributed by atoms with Crippen molar-refractivity contribution in [2.75, 3.05) is 0 Å². The second kappa shape index (κ2) is 4.27. The van der Waals surface area contributed by atoms with Gasteiger partial charge in [-0.3, -0.25) is 0 Å². The van der Waals surface area contributed by atoms with Crippen molar-refractivity contribution in [3.8, 4) is 0 Å². The molecule has 1 heterocycles. The fourth-order valence-electron chi connectivity index (χ4n) is 1.80. The fraction of sp³-hybridized carbons (Fsp3) is 0.900. The number of nitrogens with one attached hydrogen (secondary N) is 1. The summed E-state index contributed by atoms with van der Waals surface area (Å²) in [5, 5.41) is 4.28. The first-order chi connectivity index (χ1) is 6.06. The molecule has 0 saturated carbocycles. The minimum atomic E-state index is 0.493. The van der Waals surface area contributed by atoms with Gasteiger partial charge in [-0.2, -0.15) is 0 Å². The predicted molar refractivity (Wildman–Crippen MR) is 60.9 cm³/mol. The first kappa shape index (κ1) is 10.8. The summed E-state index contributed by atoms with van der Waals surface area (Å²) in [4.78, 5) is 2.29. The number of likely N-dealkylation sites (tertiary alicyclic amines) is 1. The molecule has 0 radical (unpaired) electrons. The monoisotopic (exact) mass is 200 g/mol. The first-order valence-electron chi connectivity index (χ1n) is 5.15. The number of rotatable bonds is 2. The molecule has 3 atom stereocenters. The molecule has 0 amide bonds. The van der Waals surface area contributed by atoms with Crippen molar-refractivity contribution in [1.82, 2.24) is 10.2 Å². The fourth-order valence-corrected chi connectivity index (χ4v) is 2.37. The average Bonchev–Trinajstić information content (AvgIpc) is 2.03. The van der Waals surface area contributed by atoms with E-state index in [1.807, 2.05) is 0 Å². The smallest absolute Gasteiger partial charge is 0.169 e. The highest BCUT2D eigenvalue weighted by Gasteiger charge is 2.33. The van der Waals surface area contributed by atoms with Gasteiger partial charge in [0, 0.05) is 18.1 Å². The summed E-state index contributed by atoms with van der Waals surface area (Å²) in [6.45, 7) is 8.79. The SMILES string of the molecule is CCC(C)NC(=S)N1C(C)CC1C. The number of hydrogen-bond acceptors (Lipinski definition) is 1. The minimum Gasteiger partial charge on any atom is -0.360 e. The van der Waals surface area contributed by atoms with Crippen LogP contribution in [0.25, 0.3) is 0 Å². The summed E-state index contributed by atoms with van der Waals surface area (Å²) in [7, 11) is 0. The van der Waals surface area contributed by atoms with Gasteiger partial charge in [-0.15, -0.1) is 0 Å². The molecular formula is C10H20N2S. The molecule has 0 aromatic heterocycles. The largest absolute Gasteiger partial charge is 0.360 e. The zero-order chi connectivity index (χ0) is 10.0. The molecule has 0 aromatic carbocycles. The molecule has 13 heavy (non-hydrogen) atoms. The Hall–Kier alpha value is -0.310. The lowest BCUT2D eigenvalue weighted by atomic mass is 9.97. The maximum absolute atomic E-state index is 5.34. The van der Waals surface area contributed by atoms with Crippen LogP contribution < -0.4 is 5.32 Å². The normalized spacial score (nSPS) is 29.4. The maximum atomic E-state index is 5.34. The Morgan fingerprint density at radius 1 is 1.54 bits per heavy atom. The highest BCUT2D eigenvalue weighted by atomic mass is 32.1. The summed E-state index contributed by atoms with van der Waals surface area (Å²) >= 11 is 5.34. The first-order valence-corrected chi connectivity index (χ1v) is 5.55. The molecule has 0 aliphatic carbocycles. The molecule has 1 aliphatic rings. The second-order valence-electron chi connectivity index (χ2n) is 4.10. The summed E-state index contributed by atoms with van der Waals surface area (Å²) in [6.07, 6.45) is 2.39. The Kier molecular flexibility index (Phi) is 3.54. The standard InChI is InChI=1S/C10H20N2S/c1-5-7(2)11-10(13)12-8(3)6-9(12)4/h7-9H,5-6H2,1-4H3,(H,11,13). The average molecular weight is 200 g/mol. The highest BCUT2D eigenvalue weighted by molar-refractivity contribution is 7.80. The third-order valence-electron chi connectivity index (χ3n) is 2.85. The predicted octanol–water partition coefficient (Wildman–Crippen LogP) is 2.14. The van der Waals surface area contributed by atoms with E-state index in [1.165, 1.54) is 6.42 Å². The maximum Gasteiger partial charge on any atom is 0.169 e. The lowest BCUT2D eigenvalue weighted by molar-refractivity contribution is 0.121. The summed E-state index contributed by atoms with van der Waals surface area (Å²) in [5.41, 5.74) is 0. The van der Waals surface area contributed by atoms with E-state index < -0.39 is 0 Å². The van der Waals surface area contributed by atoms with Crippen molar-refractivity contribution in [1.29, 1.82) is 0 Å². The van der Waals surface area contributed by atoms with Gasteiger partial charge in [0.05, 0.1) is 0 Å². The van der Waals surface area contributed by atoms with E-state index in [4.69, 9.17) is 12.2 Å². The van der Waals surface area contributed by atoms with Crippen molar-refractivity contribution in [3.63, 3.8) is 0 Å². The number of nitrogens with zero attached hydrogens (tertiary/aromatic N) is 1. The Balaban J connectivity index is 2.39. The van der Waals surface area contributed by atoms with Gasteiger partial charge < -0.3 is 10.2 Å². The summed E-state index contributed by atoms with van der Waals surface area (Å²) < 4.78 is 0. The Labute approximate surface area is 86.7 Å². The number of thiocarbonyl (C=S) groups is 1. The van der Waals surface area contributed by atoms with Gasteiger partial charge >= 0.3 is 0 Å². The van der Waals surface area contributed by atoms with Gasteiger partial charge in [-0.25, -0.2) is 0 Å². The second-order valence-corrected chi connectivity index (χ2v) is 4.49. The topological polar surface area (TPSA) is 15.3 Å². The Morgan fingerprint density at radius 3 is 2.46 bits per heavy atom. The van der Waals surface area contributed by atoms with Gasteiger partial charge in [-0.05, 0) is 45.8 Å². The van der Waals surface area contributed by atoms with E-state index in [0.717, 1.165) is 11.5 Å². The molecule has 2 nitrogen and oxygen atoms in total. The quantitative estimate of drug-likeness (QED) is 0.688. The molecule has 1 rings (SSSR count). The van der Waals surface area contributed by atoms with Crippen molar-refractivity contribution in [2.45, 2.75) is 58.7 Å². The molecule has 1 N–H and O–H groups in total. The van der Waals surface area contributed by atoms with E-state index in [1.54, 1.807) is 0 Å². The van der Waals surface area contributed by atoms with Crippen LogP contribution in [0.2, 0.25) is 0 Å². The minimum absolute atomic E-state index is 0.493. The lowest BCUT2D eigenvalue weighted by Gasteiger charge is -2.47. The van der Waals surface area contributed by atoms with Crippen molar-refractivity contribution in [2.24, 2.45) is 0 Å². The summed E-state index contributed by atoms with van der Waals surface area (Å²) in [5.74, 6) is 0. The number of hydrogen-bond donors (Lipinski definition) is 1. The molecule has 1 saturated heterocycles. The van der Waals surface area contributed by atoms with Crippen LogP contribution in [-0.2, 0) is 0 Å². The van der Waals surface area contributed by atoms with Crippen LogP contribution in [0.1, 0.15) is 40.5 Å². The van der Waals surface area contributed by atoms with Gasteiger partial charge in [0.25, 0.3) is 0 Å². The van der Waals surface area contributed by atoms with Crippen LogP contribution >= 0.6 is 12.2 Å². The highest BCUT2D eigenvalue weighted by Crippen LogP contribution is 2.24. The molecule has 0 spiro atoms. The lowest BCUT2D eigenvalue weighted by Crippen LogP contribution is -2.59. The summed E-state index contributed by atoms with van der Waals surface area (Å²) in [6, 6.07) is 1.74. The van der Waals surface area contributed by atoms with E-state index in [0.29, 0.717) is 18.1 Å². The molecule has 76 valence electrons. The van der Waals surface area contributed by atoms with Gasteiger partial charge in [-0.1, -0.05) is 6.92 Å². The van der Waals surface area contributed by atoms with Crippen LogP contribution in [0.3, 0.4) is 0 Å². The van der Waals surface area contributed by atoms with Gasteiger partial charge in [0.15, 0.2) is 5.11 Å². The molecule has 3 unspecified atom stereocenters. The van der Waals surface area contributed by atoms with Gasteiger partial charge in [0.1, 0.15) is 0 Å². The van der Waals surface area contributed by atoms with Crippen LogP contribution in [0, 0.1) is 0 Å². The van der Waals surface area contributed by atoms with Crippen LogP contribution in [0.5, 0.6) is 0 Å². The Bertz CT molecular complexity index is 185. The molecule has 0 aromatic rings. The van der Waals surface area contributed by atoms with Crippen LogP contribution in [0.4, 0.5) is 0 Å². The zero-order valence-corrected chi connectivity index (χ0v) is 9.82. The van der Waals surface area contributed by atoms with Gasteiger partial charge in [0.2, 0.25) is 0 Å². The Morgan fingerprint density at radius 2 is 2.08 bits per heavy atom. The van der Waals surface area contributed by atoms with Crippen LogP contribution in [-0.4, -0.2) is 28.1 Å². The molecule has 3 heteroatoms. The van der Waals surface area contributed by atoms with E-state index in [9.17, 15) is 0 Å². The van der Waals surface area contributed by atoms with Crippen molar-refractivity contribution >= 4 is 17.3 Å². The van der Waals surface area contributed by atoms with Crippen molar-refractivity contribution in [3.05, 3.63) is 0 Å². The third-order valence-corrected chi connectivity index (χ3v) is 3.18. The molecule has 0 bridgehead atoms. The molecule has 1 aliphatic heterocycles. The molecular weight excluding hydrogens is 180 g/mol. The molecule has 1 fully saturated rings. The van der Waals surface area contributed by atoms with E-state index >= 15 is 0 Å². The van der Waals surface area contributed by atoms with Crippen LogP contribution in [0.15, 0.2) is 0 Å².